The van der Waals surface area contributed by atoms with Gasteiger partial charge in [-0.2, -0.15) is 0 Å². The zero-order valence-corrected chi connectivity index (χ0v) is 26.1. The summed E-state index contributed by atoms with van der Waals surface area (Å²) in [6.45, 7) is 12.9. The molecule has 3 rings (SSSR count). The number of hydrogen-bond acceptors (Lipinski definition) is 6. The van der Waals surface area contributed by atoms with Crippen molar-refractivity contribution in [1.82, 2.24) is 10.4 Å². The van der Waals surface area contributed by atoms with E-state index in [0.29, 0.717) is 30.0 Å². The Bertz CT molecular complexity index is 1340. The number of amides is 1. The Morgan fingerprint density at radius 3 is 2.43 bits per heavy atom. The van der Waals surface area contributed by atoms with E-state index in [4.69, 9.17) is 9.47 Å². The Balaban J connectivity index is 1.48. The smallest absolute Gasteiger partial charge is 0.238 e. The van der Waals surface area contributed by atoms with Gasteiger partial charge in [0.25, 0.3) is 0 Å². The van der Waals surface area contributed by atoms with E-state index in [1.54, 1.807) is 18.3 Å². The first-order valence-corrected chi connectivity index (χ1v) is 15.2. The first kappa shape index (κ1) is 32.6. The monoisotopic (exact) mass is 573 g/mol. The summed E-state index contributed by atoms with van der Waals surface area (Å²) in [6, 6.07) is 13.2. The second-order valence-electron chi connectivity index (χ2n) is 11.5. The molecular formula is C35H47N3O4. The summed E-state index contributed by atoms with van der Waals surface area (Å²) in [5, 5.41) is 0. The maximum absolute atomic E-state index is 12.7. The van der Waals surface area contributed by atoms with E-state index in [1.165, 1.54) is 43.7 Å². The molecule has 7 heteroatoms. The number of aromatic nitrogens is 1. The van der Waals surface area contributed by atoms with Crippen LogP contribution in [0.4, 0.5) is 5.69 Å². The van der Waals surface area contributed by atoms with Crippen LogP contribution in [0, 0.1) is 26.7 Å². The summed E-state index contributed by atoms with van der Waals surface area (Å²) >= 11 is 0. The molecule has 3 aromatic rings. The van der Waals surface area contributed by atoms with Gasteiger partial charge >= 0.3 is 0 Å². The average Bonchev–Trinajstić information content (AvgIpc) is 2.95. The van der Waals surface area contributed by atoms with Gasteiger partial charge < -0.3 is 9.47 Å². The van der Waals surface area contributed by atoms with Crippen molar-refractivity contribution < 1.29 is 19.1 Å². The van der Waals surface area contributed by atoms with E-state index in [-0.39, 0.29) is 11.7 Å². The quantitative estimate of drug-likeness (QED) is 0.0957. The molecule has 2 N–H and O–H groups in total. The fourth-order valence-electron chi connectivity index (χ4n) is 4.66. The number of hydrogen-bond donors (Lipinski definition) is 2. The first-order valence-electron chi connectivity index (χ1n) is 15.2. The van der Waals surface area contributed by atoms with E-state index >= 15 is 0 Å². The van der Waals surface area contributed by atoms with Crippen molar-refractivity contribution in [2.24, 2.45) is 5.92 Å². The molecule has 0 unspecified atom stereocenters. The number of ketones is 1. The van der Waals surface area contributed by atoms with E-state index in [1.807, 2.05) is 25.1 Å². The van der Waals surface area contributed by atoms with Crippen LogP contribution in [0.15, 0.2) is 48.7 Å². The maximum atomic E-state index is 12.7. The molecule has 0 aliphatic rings. The van der Waals surface area contributed by atoms with E-state index in [9.17, 15) is 9.59 Å². The third-order valence-electron chi connectivity index (χ3n) is 7.40. The maximum Gasteiger partial charge on any atom is 0.238 e. The van der Waals surface area contributed by atoms with Crippen LogP contribution in [0.1, 0.15) is 98.5 Å². The summed E-state index contributed by atoms with van der Waals surface area (Å²) in [5.74, 6) is 2.64. The van der Waals surface area contributed by atoms with Crippen molar-refractivity contribution in [1.29, 1.82) is 0 Å². The normalized spacial score (nSPS) is 10.9. The number of hydrazine groups is 1. The molecule has 42 heavy (non-hydrogen) atoms. The molecule has 1 aromatic heterocycles. The Morgan fingerprint density at radius 2 is 1.67 bits per heavy atom. The van der Waals surface area contributed by atoms with Gasteiger partial charge in [0.05, 0.1) is 12.3 Å². The highest BCUT2D eigenvalue weighted by molar-refractivity contribution is 5.92. The fraction of sp³-hybridized carbons (Fsp3) is 0.457. The fourth-order valence-corrected chi connectivity index (χ4v) is 4.66. The lowest BCUT2D eigenvalue weighted by Gasteiger charge is -2.16. The van der Waals surface area contributed by atoms with Crippen molar-refractivity contribution in [2.75, 3.05) is 12.0 Å². The van der Waals surface area contributed by atoms with Crippen molar-refractivity contribution in [2.45, 2.75) is 92.9 Å². The molecular weight excluding hydrogens is 526 g/mol. The van der Waals surface area contributed by atoms with Crippen molar-refractivity contribution in [3.05, 3.63) is 76.6 Å². The van der Waals surface area contributed by atoms with E-state index in [2.05, 4.69) is 55.7 Å². The van der Waals surface area contributed by atoms with Gasteiger partial charge in [-0.05, 0) is 86.9 Å². The Morgan fingerprint density at radius 1 is 0.905 bits per heavy atom. The number of Topliss-reactive ketones (excluding diaryl/α,β-unsaturated/α-hetero) is 1. The van der Waals surface area contributed by atoms with Gasteiger partial charge in [0.15, 0.2) is 5.78 Å². The van der Waals surface area contributed by atoms with Crippen LogP contribution in [0.3, 0.4) is 0 Å². The van der Waals surface area contributed by atoms with Gasteiger partial charge in [0.2, 0.25) is 5.91 Å². The molecule has 0 radical (unpaired) electrons. The lowest BCUT2D eigenvalue weighted by atomic mass is 10.0. The predicted molar refractivity (Wildman–Crippen MR) is 170 cm³/mol. The number of carbonyl (C=O) groups excluding carboxylic acids is 2. The summed E-state index contributed by atoms with van der Waals surface area (Å²) in [5.41, 5.74) is 11.4. The highest BCUT2D eigenvalue weighted by atomic mass is 16.5. The minimum absolute atomic E-state index is 0.0892. The minimum atomic E-state index is -0.125. The van der Waals surface area contributed by atoms with Crippen LogP contribution in [-0.4, -0.2) is 23.3 Å². The summed E-state index contributed by atoms with van der Waals surface area (Å²) < 4.78 is 12.2. The molecule has 0 saturated carbocycles. The minimum Gasteiger partial charge on any atom is -0.493 e. The highest BCUT2D eigenvalue weighted by Gasteiger charge is 2.11. The average molecular weight is 574 g/mol. The summed E-state index contributed by atoms with van der Waals surface area (Å²) in [4.78, 5) is 28.4. The van der Waals surface area contributed by atoms with Crippen LogP contribution < -0.4 is 20.3 Å². The number of nitrogens with zero attached hydrogens (tertiary/aromatic N) is 1. The number of rotatable bonds is 17. The molecule has 0 spiro atoms. The van der Waals surface area contributed by atoms with Gasteiger partial charge in [-0.25, -0.2) is 0 Å². The zero-order chi connectivity index (χ0) is 30.5. The number of anilines is 1. The number of nitrogens with one attached hydrogen (secondary N) is 2. The van der Waals surface area contributed by atoms with E-state index < -0.39 is 0 Å². The van der Waals surface area contributed by atoms with Gasteiger partial charge in [0.1, 0.15) is 22.9 Å². The van der Waals surface area contributed by atoms with Crippen LogP contribution in [0.25, 0.3) is 0 Å². The Labute approximate surface area is 251 Å². The van der Waals surface area contributed by atoms with Gasteiger partial charge in [-0.15, -0.1) is 0 Å². The number of pyridine rings is 1. The second kappa shape index (κ2) is 16.5. The molecule has 226 valence electrons. The standard InChI is InChI=1S/C35H47N3O4/c1-24(2)13-9-7-8-10-20-41-34-22-26(4)25(3)21-29(34)14-11-17-35(40)38-37-31-15-12-16-33(27(31)5)42-30-18-19-36-32(23-30)28(6)39/h12,15-16,18-19,21-24,37H,7-11,13-14,17,20H2,1-6H3,(H,38,40). The number of ether oxygens (including phenoxy) is 2. The van der Waals surface area contributed by atoms with Crippen LogP contribution in [0.5, 0.6) is 17.2 Å². The number of unbranched alkanes of at least 4 members (excludes halogenated alkanes) is 3. The van der Waals surface area contributed by atoms with Crippen LogP contribution in [0.2, 0.25) is 0 Å². The van der Waals surface area contributed by atoms with Crippen molar-refractivity contribution in [3.63, 3.8) is 0 Å². The summed E-state index contributed by atoms with van der Waals surface area (Å²) in [6.07, 6.45) is 9.51. The molecule has 0 aliphatic carbocycles. The van der Waals surface area contributed by atoms with Gasteiger partial charge in [-0.3, -0.25) is 25.4 Å². The molecule has 0 saturated heterocycles. The number of benzene rings is 2. The molecule has 2 aromatic carbocycles. The zero-order valence-electron chi connectivity index (χ0n) is 26.1. The molecule has 7 nitrogen and oxygen atoms in total. The van der Waals surface area contributed by atoms with E-state index in [0.717, 1.165) is 47.9 Å². The largest absolute Gasteiger partial charge is 0.493 e. The third-order valence-corrected chi connectivity index (χ3v) is 7.40. The lowest BCUT2D eigenvalue weighted by molar-refractivity contribution is -0.120. The Kier molecular flexibility index (Phi) is 12.9. The molecule has 1 heterocycles. The highest BCUT2D eigenvalue weighted by Crippen LogP contribution is 2.30. The van der Waals surface area contributed by atoms with Crippen molar-refractivity contribution >= 4 is 17.4 Å². The molecule has 0 bridgehead atoms. The molecule has 0 fully saturated rings. The first-order chi connectivity index (χ1) is 20.1. The van der Waals surface area contributed by atoms with Gasteiger partial charge in [0, 0.05) is 31.2 Å². The van der Waals surface area contributed by atoms with Crippen LogP contribution >= 0.6 is 0 Å². The number of aryl methyl sites for hydroxylation is 3. The summed E-state index contributed by atoms with van der Waals surface area (Å²) in [7, 11) is 0. The molecule has 0 aliphatic heterocycles. The SMILES string of the molecule is CC(=O)c1cc(Oc2cccc(NNC(=O)CCCc3cc(C)c(C)cc3OCCCCCCC(C)C)c2C)ccn1. The topological polar surface area (TPSA) is 89.6 Å². The number of carbonyl (C=O) groups is 2. The van der Waals surface area contributed by atoms with Crippen LogP contribution in [-0.2, 0) is 11.2 Å². The predicted octanol–water partition coefficient (Wildman–Crippen LogP) is 8.45. The Hall–Kier alpha value is -3.87. The third kappa shape index (κ3) is 10.5. The molecule has 0 atom stereocenters. The van der Waals surface area contributed by atoms with Crippen molar-refractivity contribution in [3.8, 4) is 17.2 Å². The second-order valence-corrected chi connectivity index (χ2v) is 11.5. The lowest BCUT2D eigenvalue weighted by Crippen LogP contribution is -2.29. The van der Waals surface area contributed by atoms with Gasteiger partial charge in [-0.1, -0.05) is 51.7 Å². The molecule has 1 amide bonds.